The van der Waals surface area contributed by atoms with E-state index in [4.69, 9.17) is 16.3 Å². The zero-order chi connectivity index (χ0) is 20.8. The molecule has 1 N–H and O–H groups in total. The summed E-state index contributed by atoms with van der Waals surface area (Å²) in [5.41, 5.74) is 2.37. The molecule has 1 amide bonds. The van der Waals surface area contributed by atoms with Crippen molar-refractivity contribution in [1.29, 1.82) is 0 Å². The van der Waals surface area contributed by atoms with Gasteiger partial charge in [0.05, 0.1) is 11.3 Å². The van der Waals surface area contributed by atoms with Crippen LogP contribution in [-0.4, -0.2) is 24.3 Å². The van der Waals surface area contributed by atoms with Crippen molar-refractivity contribution in [1.82, 2.24) is 0 Å². The molecular formula is C23H18ClNO4. The third kappa shape index (κ3) is 5.30. The topological polar surface area (TPSA) is 72.5 Å². The molecule has 29 heavy (non-hydrogen) atoms. The van der Waals surface area contributed by atoms with Gasteiger partial charge < -0.3 is 10.1 Å². The number of rotatable bonds is 6. The van der Waals surface area contributed by atoms with E-state index in [1.54, 1.807) is 54.6 Å². The van der Waals surface area contributed by atoms with Gasteiger partial charge in [-0.25, -0.2) is 4.79 Å². The van der Waals surface area contributed by atoms with Crippen molar-refractivity contribution in [3.63, 3.8) is 0 Å². The van der Waals surface area contributed by atoms with Gasteiger partial charge in [0.1, 0.15) is 0 Å². The maximum Gasteiger partial charge on any atom is 0.340 e. The Labute approximate surface area is 173 Å². The molecule has 0 heterocycles. The number of anilines is 1. The summed E-state index contributed by atoms with van der Waals surface area (Å²) in [5.74, 6) is -1.40. The van der Waals surface area contributed by atoms with Crippen LogP contribution in [0.25, 0.3) is 0 Å². The molecule has 0 aliphatic rings. The minimum absolute atomic E-state index is 0.164. The van der Waals surface area contributed by atoms with Gasteiger partial charge in [0.25, 0.3) is 5.91 Å². The largest absolute Gasteiger partial charge is 0.454 e. The summed E-state index contributed by atoms with van der Waals surface area (Å²) in [6.45, 7) is 1.51. The molecule has 0 radical (unpaired) electrons. The number of para-hydroxylation sites is 1. The molecular weight excluding hydrogens is 390 g/mol. The Morgan fingerprint density at radius 1 is 0.862 bits per heavy atom. The summed E-state index contributed by atoms with van der Waals surface area (Å²) >= 11 is 5.80. The van der Waals surface area contributed by atoms with Crippen molar-refractivity contribution in [3.8, 4) is 0 Å². The summed E-state index contributed by atoms with van der Waals surface area (Å²) in [6, 6.07) is 19.9. The number of nitrogens with one attached hydrogen (secondary N) is 1. The molecule has 3 rings (SSSR count). The first-order chi connectivity index (χ1) is 13.9. The molecule has 0 unspecified atom stereocenters. The van der Waals surface area contributed by atoms with E-state index in [0.29, 0.717) is 21.8 Å². The van der Waals surface area contributed by atoms with E-state index in [0.717, 1.165) is 5.56 Å². The van der Waals surface area contributed by atoms with E-state index in [2.05, 4.69) is 5.32 Å². The Morgan fingerprint density at radius 3 is 2.17 bits per heavy atom. The molecule has 0 fully saturated rings. The van der Waals surface area contributed by atoms with Crippen LogP contribution in [0.3, 0.4) is 0 Å². The first-order valence-corrected chi connectivity index (χ1v) is 9.25. The molecule has 0 saturated heterocycles. The molecule has 3 aromatic rings. The number of carbonyl (C=O) groups excluding carboxylic acids is 3. The molecule has 0 saturated carbocycles. The van der Waals surface area contributed by atoms with Crippen LogP contribution in [0.4, 0.5) is 5.69 Å². The van der Waals surface area contributed by atoms with E-state index in [1.807, 2.05) is 19.1 Å². The van der Waals surface area contributed by atoms with Gasteiger partial charge in [0, 0.05) is 16.1 Å². The maximum atomic E-state index is 12.5. The van der Waals surface area contributed by atoms with Gasteiger partial charge in [-0.2, -0.15) is 0 Å². The fourth-order valence-corrected chi connectivity index (χ4v) is 2.72. The van der Waals surface area contributed by atoms with Crippen molar-refractivity contribution in [2.24, 2.45) is 0 Å². The standard InChI is InChI=1S/C23H18ClNO4/c1-15-6-8-17(9-7-15)22(27)25-20-5-3-2-4-19(20)23(28)29-14-21(26)16-10-12-18(24)13-11-16/h2-13H,14H2,1H3,(H,25,27). The number of halogens is 1. The highest BCUT2D eigenvalue weighted by Crippen LogP contribution is 2.18. The van der Waals surface area contributed by atoms with E-state index in [9.17, 15) is 14.4 Å². The number of ketones is 1. The Morgan fingerprint density at radius 2 is 1.48 bits per heavy atom. The van der Waals surface area contributed by atoms with Crippen molar-refractivity contribution in [3.05, 3.63) is 100 Å². The van der Waals surface area contributed by atoms with Gasteiger partial charge in [-0.05, 0) is 55.5 Å². The summed E-state index contributed by atoms with van der Waals surface area (Å²) in [6.07, 6.45) is 0. The molecule has 0 bridgehead atoms. The van der Waals surface area contributed by atoms with Gasteiger partial charge in [0.2, 0.25) is 0 Å². The quantitative estimate of drug-likeness (QED) is 0.464. The molecule has 0 atom stereocenters. The van der Waals surface area contributed by atoms with E-state index >= 15 is 0 Å². The highest BCUT2D eigenvalue weighted by atomic mass is 35.5. The fourth-order valence-electron chi connectivity index (χ4n) is 2.60. The number of benzene rings is 3. The number of Topliss-reactive ketones (excluding diaryl/α,β-unsaturated/α-hetero) is 1. The molecule has 5 nitrogen and oxygen atoms in total. The van der Waals surface area contributed by atoms with E-state index in [-0.39, 0.29) is 17.3 Å². The van der Waals surface area contributed by atoms with Crippen molar-refractivity contribution in [2.45, 2.75) is 6.92 Å². The number of esters is 1. The molecule has 0 spiro atoms. The highest BCUT2D eigenvalue weighted by Gasteiger charge is 2.17. The SMILES string of the molecule is Cc1ccc(C(=O)Nc2ccccc2C(=O)OCC(=O)c2ccc(Cl)cc2)cc1. The number of hydrogen-bond donors (Lipinski definition) is 1. The number of amides is 1. The molecule has 0 aromatic heterocycles. The van der Waals surface area contributed by atoms with Crippen LogP contribution < -0.4 is 5.32 Å². The normalized spacial score (nSPS) is 10.3. The summed E-state index contributed by atoms with van der Waals surface area (Å²) in [7, 11) is 0. The minimum Gasteiger partial charge on any atom is -0.454 e. The Bertz CT molecular complexity index is 1040. The Hall–Kier alpha value is -3.44. The van der Waals surface area contributed by atoms with Crippen molar-refractivity contribution < 1.29 is 19.1 Å². The van der Waals surface area contributed by atoms with Crippen LogP contribution in [0, 0.1) is 6.92 Å². The lowest BCUT2D eigenvalue weighted by Gasteiger charge is -2.11. The van der Waals surface area contributed by atoms with Gasteiger partial charge in [-0.3, -0.25) is 9.59 Å². The summed E-state index contributed by atoms with van der Waals surface area (Å²) in [5, 5.41) is 3.22. The lowest BCUT2D eigenvalue weighted by atomic mass is 10.1. The van der Waals surface area contributed by atoms with Crippen molar-refractivity contribution >= 4 is 34.9 Å². The summed E-state index contributed by atoms with van der Waals surface area (Å²) in [4.78, 5) is 37.1. The second-order valence-electron chi connectivity index (χ2n) is 6.37. The third-order valence-corrected chi connectivity index (χ3v) is 4.46. The molecule has 0 aliphatic carbocycles. The summed E-state index contributed by atoms with van der Waals surface area (Å²) < 4.78 is 5.15. The van der Waals surface area contributed by atoms with Crippen molar-refractivity contribution in [2.75, 3.05) is 11.9 Å². The molecule has 146 valence electrons. The highest BCUT2D eigenvalue weighted by molar-refractivity contribution is 6.30. The van der Waals surface area contributed by atoms with Crippen LogP contribution in [0.1, 0.15) is 36.6 Å². The zero-order valence-electron chi connectivity index (χ0n) is 15.6. The second kappa shape index (κ2) is 9.17. The maximum absolute atomic E-state index is 12.5. The molecule has 0 aliphatic heterocycles. The smallest absolute Gasteiger partial charge is 0.340 e. The van der Waals surface area contributed by atoms with E-state index in [1.165, 1.54) is 6.07 Å². The average molecular weight is 408 g/mol. The van der Waals surface area contributed by atoms with Gasteiger partial charge >= 0.3 is 5.97 Å². The fraction of sp³-hybridized carbons (Fsp3) is 0.0870. The predicted octanol–water partition coefficient (Wildman–Crippen LogP) is 4.94. The number of ether oxygens (including phenoxy) is 1. The molecule has 6 heteroatoms. The molecule has 3 aromatic carbocycles. The first kappa shape index (κ1) is 20.3. The van der Waals surface area contributed by atoms with Crippen LogP contribution in [-0.2, 0) is 4.74 Å². The van der Waals surface area contributed by atoms with E-state index < -0.39 is 12.6 Å². The van der Waals surface area contributed by atoms with Crippen LogP contribution in [0.5, 0.6) is 0 Å². The number of hydrogen-bond acceptors (Lipinski definition) is 4. The van der Waals surface area contributed by atoms with Crippen LogP contribution in [0.2, 0.25) is 5.02 Å². The van der Waals surface area contributed by atoms with Gasteiger partial charge in [0.15, 0.2) is 12.4 Å². The minimum atomic E-state index is -0.702. The predicted molar refractivity (Wildman–Crippen MR) is 112 cm³/mol. The number of aryl methyl sites for hydroxylation is 1. The lowest BCUT2D eigenvalue weighted by molar-refractivity contribution is 0.0475. The monoisotopic (exact) mass is 407 g/mol. The van der Waals surface area contributed by atoms with Gasteiger partial charge in [-0.1, -0.05) is 41.4 Å². The number of carbonyl (C=O) groups is 3. The zero-order valence-corrected chi connectivity index (χ0v) is 16.4. The first-order valence-electron chi connectivity index (χ1n) is 8.87. The van der Waals surface area contributed by atoms with Gasteiger partial charge in [-0.15, -0.1) is 0 Å². The second-order valence-corrected chi connectivity index (χ2v) is 6.81. The third-order valence-electron chi connectivity index (χ3n) is 4.21. The lowest BCUT2D eigenvalue weighted by Crippen LogP contribution is -2.18. The Kier molecular flexibility index (Phi) is 6.42. The van der Waals surface area contributed by atoms with Crippen LogP contribution in [0.15, 0.2) is 72.8 Å². The average Bonchev–Trinajstić information content (AvgIpc) is 2.73. The van der Waals surface area contributed by atoms with Crippen LogP contribution >= 0.6 is 11.6 Å². The Balaban J connectivity index is 1.68.